The van der Waals surface area contributed by atoms with Crippen LogP contribution in [0.2, 0.25) is 0 Å². The van der Waals surface area contributed by atoms with Crippen LogP contribution in [0.3, 0.4) is 0 Å². The minimum atomic E-state index is -0.337. The maximum atomic E-state index is 13.4. The second-order valence-electron chi connectivity index (χ2n) is 5.91. The first-order chi connectivity index (χ1) is 9.57. The predicted octanol–water partition coefficient (Wildman–Crippen LogP) is 2.64. The third-order valence-corrected chi connectivity index (χ3v) is 4.13. The maximum Gasteiger partial charge on any atom is 0.184 e. The van der Waals surface area contributed by atoms with E-state index in [9.17, 15) is 4.39 Å². The molecule has 106 valence electrons. The van der Waals surface area contributed by atoms with Gasteiger partial charge in [0, 0.05) is 11.3 Å². The minimum absolute atomic E-state index is 0.215. The maximum absolute atomic E-state index is 13.4. The van der Waals surface area contributed by atoms with E-state index in [0.717, 1.165) is 6.54 Å². The van der Waals surface area contributed by atoms with Crippen molar-refractivity contribution in [3.63, 3.8) is 0 Å². The molecule has 0 amide bonds. The number of benzene rings is 1. The van der Waals surface area contributed by atoms with Gasteiger partial charge in [-0.15, -0.1) is 5.10 Å². The Morgan fingerprint density at radius 2 is 2.10 bits per heavy atom. The number of nitrogens with two attached hydrogens (primary N) is 1. The van der Waals surface area contributed by atoms with E-state index in [0.29, 0.717) is 17.1 Å². The number of hydrogen-bond donors (Lipinski definition) is 1. The Morgan fingerprint density at radius 3 is 2.85 bits per heavy atom. The molecule has 1 aromatic carbocycles. The second-order valence-corrected chi connectivity index (χ2v) is 5.91. The lowest BCUT2D eigenvalue weighted by molar-refractivity contribution is 0.267. The number of aromatic nitrogens is 4. The largest absolute Gasteiger partial charge is 0.398 e. The summed E-state index contributed by atoms with van der Waals surface area (Å²) in [6.07, 6.45) is 4.84. The second kappa shape index (κ2) is 4.85. The van der Waals surface area contributed by atoms with Gasteiger partial charge in [-0.05, 0) is 46.9 Å². The van der Waals surface area contributed by atoms with Gasteiger partial charge in [-0.25, -0.2) is 9.07 Å². The first-order valence-corrected chi connectivity index (χ1v) is 6.89. The molecule has 1 aromatic heterocycles. The quantitative estimate of drug-likeness (QED) is 0.874. The van der Waals surface area contributed by atoms with E-state index in [1.807, 2.05) is 0 Å². The van der Waals surface area contributed by atoms with Crippen molar-refractivity contribution in [2.75, 3.05) is 5.73 Å². The van der Waals surface area contributed by atoms with E-state index in [2.05, 4.69) is 22.4 Å². The third kappa shape index (κ3) is 2.37. The number of hydrogen-bond acceptors (Lipinski definition) is 4. The molecule has 2 N–H and O–H groups in total. The highest BCUT2D eigenvalue weighted by atomic mass is 19.1. The molecule has 1 heterocycles. The third-order valence-electron chi connectivity index (χ3n) is 4.13. The lowest BCUT2D eigenvalue weighted by Gasteiger charge is -2.23. The van der Waals surface area contributed by atoms with Crippen LogP contribution in [0.4, 0.5) is 10.1 Å². The lowest BCUT2D eigenvalue weighted by atomic mass is 9.89. The van der Waals surface area contributed by atoms with E-state index in [4.69, 9.17) is 5.73 Å². The van der Waals surface area contributed by atoms with Gasteiger partial charge < -0.3 is 5.73 Å². The van der Waals surface area contributed by atoms with Gasteiger partial charge in [-0.2, -0.15) is 0 Å². The molecule has 6 heteroatoms. The zero-order valence-electron chi connectivity index (χ0n) is 11.5. The molecular weight excluding hydrogens is 257 g/mol. The number of nitrogens with zero attached hydrogens (tertiary/aromatic N) is 4. The van der Waals surface area contributed by atoms with Crippen LogP contribution >= 0.6 is 0 Å². The molecule has 1 fully saturated rings. The van der Waals surface area contributed by atoms with E-state index >= 15 is 0 Å². The Morgan fingerprint density at radius 1 is 1.35 bits per heavy atom. The Bertz CT molecular complexity index is 616. The summed E-state index contributed by atoms with van der Waals surface area (Å²) in [6.45, 7) is 2.99. The first-order valence-electron chi connectivity index (χ1n) is 6.89. The van der Waals surface area contributed by atoms with Gasteiger partial charge in [0.05, 0.1) is 6.54 Å². The molecule has 0 saturated heterocycles. The highest BCUT2D eigenvalue weighted by Crippen LogP contribution is 2.39. The number of anilines is 1. The molecule has 0 spiro atoms. The van der Waals surface area contributed by atoms with Crippen molar-refractivity contribution in [3.05, 3.63) is 24.0 Å². The van der Waals surface area contributed by atoms with Crippen molar-refractivity contribution in [1.82, 2.24) is 20.2 Å². The Hall–Kier alpha value is -1.98. The van der Waals surface area contributed by atoms with Gasteiger partial charge in [0.25, 0.3) is 0 Å². The van der Waals surface area contributed by atoms with Gasteiger partial charge in [0.1, 0.15) is 5.82 Å². The van der Waals surface area contributed by atoms with Crippen molar-refractivity contribution in [1.29, 1.82) is 0 Å². The molecule has 0 radical (unpaired) electrons. The summed E-state index contributed by atoms with van der Waals surface area (Å²) >= 11 is 0. The highest BCUT2D eigenvalue weighted by Gasteiger charge is 2.30. The first kappa shape index (κ1) is 13.0. The summed E-state index contributed by atoms with van der Waals surface area (Å²) in [6, 6.07) is 4.26. The minimum Gasteiger partial charge on any atom is -0.398 e. The number of nitrogen functional groups attached to an aromatic ring is 1. The molecule has 2 aromatic rings. The molecule has 0 aliphatic heterocycles. The fourth-order valence-corrected chi connectivity index (χ4v) is 2.97. The number of halogens is 1. The van der Waals surface area contributed by atoms with Crippen LogP contribution < -0.4 is 5.73 Å². The smallest absolute Gasteiger partial charge is 0.184 e. The summed E-state index contributed by atoms with van der Waals surface area (Å²) in [7, 11) is 0. The van der Waals surface area contributed by atoms with Crippen molar-refractivity contribution in [2.24, 2.45) is 5.41 Å². The molecule has 1 aliphatic carbocycles. The van der Waals surface area contributed by atoms with Gasteiger partial charge in [-0.3, -0.25) is 0 Å². The molecule has 1 saturated carbocycles. The van der Waals surface area contributed by atoms with E-state index in [1.54, 1.807) is 10.7 Å². The van der Waals surface area contributed by atoms with Gasteiger partial charge in [-0.1, -0.05) is 19.8 Å². The Balaban J connectivity index is 1.95. The van der Waals surface area contributed by atoms with Gasteiger partial charge in [0.15, 0.2) is 5.82 Å². The topological polar surface area (TPSA) is 69.6 Å². The van der Waals surface area contributed by atoms with Crippen LogP contribution in [-0.2, 0) is 6.54 Å². The zero-order valence-corrected chi connectivity index (χ0v) is 11.5. The number of rotatable bonds is 3. The monoisotopic (exact) mass is 275 g/mol. The van der Waals surface area contributed by atoms with E-state index < -0.39 is 0 Å². The Labute approximate surface area is 117 Å². The van der Waals surface area contributed by atoms with Crippen LogP contribution in [0.15, 0.2) is 18.2 Å². The van der Waals surface area contributed by atoms with Crippen molar-refractivity contribution >= 4 is 5.69 Å². The van der Waals surface area contributed by atoms with Crippen LogP contribution in [0.25, 0.3) is 11.4 Å². The predicted molar refractivity (Wildman–Crippen MR) is 74.2 cm³/mol. The van der Waals surface area contributed by atoms with Crippen LogP contribution in [0.1, 0.15) is 32.6 Å². The zero-order chi connectivity index (χ0) is 14.2. The molecule has 1 aliphatic rings. The summed E-state index contributed by atoms with van der Waals surface area (Å²) < 4.78 is 15.2. The van der Waals surface area contributed by atoms with E-state index in [-0.39, 0.29) is 11.2 Å². The molecule has 5 nitrogen and oxygen atoms in total. The summed E-state index contributed by atoms with van der Waals surface area (Å²) in [5.41, 5.74) is 7.17. The summed E-state index contributed by atoms with van der Waals surface area (Å²) in [5.74, 6) is 0.200. The SMILES string of the molecule is CC1(Cn2nnnc2-c2cc(F)ccc2N)CCCC1. The molecule has 0 atom stereocenters. The lowest BCUT2D eigenvalue weighted by Crippen LogP contribution is -2.21. The number of tetrazole rings is 1. The average molecular weight is 275 g/mol. The standard InChI is InChI=1S/C14H18FN5/c1-14(6-2-3-7-14)9-20-13(17-18-19-20)11-8-10(15)4-5-12(11)16/h4-5,8H,2-3,6-7,9,16H2,1H3. The molecule has 20 heavy (non-hydrogen) atoms. The fourth-order valence-electron chi connectivity index (χ4n) is 2.97. The normalized spacial score (nSPS) is 17.5. The van der Waals surface area contributed by atoms with Gasteiger partial charge in [0.2, 0.25) is 0 Å². The molecular formula is C14H18FN5. The van der Waals surface area contributed by atoms with Crippen molar-refractivity contribution < 1.29 is 4.39 Å². The molecule has 0 unspecified atom stereocenters. The van der Waals surface area contributed by atoms with Crippen LogP contribution in [0, 0.1) is 11.2 Å². The van der Waals surface area contributed by atoms with Crippen LogP contribution in [-0.4, -0.2) is 20.2 Å². The molecule has 0 bridgehead atoms. The summed E-state index contributed by atoms with van der Waals surface area (Å²) in [5, 5.41) is 11.8. The highest BCUT2D eigenvalue weighted by molar-refractivity contribution is 5.71. The van der Waals surface area contributed by atoms with Crippen LogP contribution in [0.5, 0.6) is 0 Å². The van der Waals surface area contributed by atoms with Crippen molar-refractivity contribution in [2.45, 2.75) is 39.2 Å². The van der Waals surface area contributed by atoms with Gasteiger partial charge >= 0.3 is 0 Å². The van der Waals surface area contributed by atoms with E-state index in [1.165, 1.54) is 37.8 Å². The summed E-state index contributed by atoms with van der Waals surface area (Å²) in [4.78, 5) is 0. The molecule has 3 rings (SSSR count). The van der Waals surface area contributed by atoms with Crippen molar-refractivity contribution in [3.8, 4) is 11.4 Å². The fraction of sp³-hybridized carbons (Fsp3) is 0.500. The average Bonchev–Trinajstić information content (AvgIpc) is 3.02. The Kier molecular flexibility index (Phi) is 3.16.